The van der Waals surface area contributed by atoms with Crippen LogP contribution in [0.5, 0.6) is 5.75 Å². The Bertz CT molecular complexity index is 349. The van der Waals surface area contributed by atoms with E-state index in [9.17, 15) is 13.2 Å². The van der Waals surface area contributed by atoms with Gasteiger partial charge in [-0.05, 0) is 31.5 Å². The van der Waals surface area contributed by atoms with E-state index in [0.29, 0.717) is 10.5 Å². The number of halogens is 3. The number of nitrogens with zero attached hydrogens (tertiary/aromatic N) is 1. The molecule has 0 heterocycles. The van der Waals surface area contributed by atoms with Crippen molar-refractivity contribution >= 4 is 0 Å². The lowest BCUT2D eigenvalue weighted by atomic mass is 10.2. The second kappa shape index (κ2) is 4.74. The summed E-state index contributed by atoms with van der Waals surface area (Å²) >= 11 is 0. The molecule has 1 rings (SSSR count). The van der Waals surface area contributed by atoms with Crippen molar-refractivity contribution in [2.24, 2.45) is 0 Å². The predicted molar refractivity (Wildman–Crippen MR) is 54.8 cm³/mol. The highest BCUT2D eigenvalue weighted by molar-refractivity contribution is 5.27. The zero-order valence-corrected chi connectivity index (χ0v) is 9.12. The van der Waals surface area contributed by atoms with Gasteiger partial charge < -0.3 is 5.11 Å². The first-order valence-electron chi connectivity index (χ1n) is 4.92. The van der Waals surface area contributed by atoms with Gasteiger partial charge in [-0.15, -0.1) is 0 Å². The summed E-state index contributed by atoms with van der Waals surface area (Å²) in [6.45, 7) is 2.71. The zero-order chi connectivity index (χ0) is 12.3. The van der Waals surface area contributed by atoms with E-state index in [2.05, 4.69) is 0 Å². The highest BCUT2D eigenvalue weighted by Crippen LogP contribution is 2.26. The Kier molecular flexibility index (Phi) is 3.80. The third-order valence-corrected chi connectivity index (χ3v) is 2.21. The number of alkyl halides is 3. The van der Waals surface area contributed by atoms with Crippen LogP contribution in [0.4, 0.5) is 13.2 Å². The van der Waals surface area contributed by atoms with Crippen LogP contribution in [0.2, 0.25) is 0 Å². The van der Waals surface area contributed by atoms with Gasteiger partial charge >= 0.3 is 6.30 Å². The molecule has 0 saturated carbocycles. The second-order valence-electron chi connectivity index (χ2n) is 3.86. The van der Waals surface area contributed by atoms with Crippen molar-refractivity contribution < 1.29 is 18.3 Å². The Labute approximate surface area is 92.3 Å². The molecule has 0 aliphatic carbocycles. The van der Waals surface area contributed by atoms with Crippen LogP contribution in [0, 0.1) is 0 Å². The van der Waals surface area contributed by atoms with E-state index in [0.717, 1.165) is 0 Å². The third-order valence-electron chi connectivity index (χ3n) is 2.21. The number of benzene rings is 1. The van der Waals surface area contributed by atoms with Crippen molar-refractivity contribution in [2.45, 2.75) is 32.7 Å². The molecule has 1 N–H and O–H groups in total. The van der Waals surface area contributed by atoms with Crippen LogP contribution in [0.1, 0.15) is 19.4 Å². The summed E-state index contributed by atoms with van der Waals surface area (Å²) in [7, 11) is 0. The Balaban J connectivity index is 2.84. The van der Waals surface area contributed by atoms with Crippen molar-refractivity contribution in [2.75, 3.05) is 0 Å². The Morgan fingerprint density at radius 1 is 1.31 bits per heavy atom. The van der Waals surface area contributed by atoms with E-state index >= 15 is 0 Å². The molecule has 0 bridgehead atoms. The average Bonchev–Trinajstić information content (AvgIpc) is 2.12. The maximum absolute atomic E-state index is 12.6. The number of aromatic hydroxyl groups is 1. The van der Waals surface area contributed by atoms with Gasteiger partial charge in [0, 0.05) is 12.6 Å². The van der Waals surface area contributed by atoms with E-state index in [1.807, 2.05) is 0 Å². The van der Waals surface area contributed by atoms with Crippen LogP contribution in [0.3, 0.4) is 0 Å². The number of rotatable bonds is 3. The lowest BCUT2D eigenvalue weighted by Gasteiger charge is -2.28. The van der Waals surface area contributed by atoms with Gasteiger partial charge in [0.25, 0.3) is 0 Å². The molecule has 0 spiro atoms. The van der Waals surface area contributed by atoms with Gasteiger partial charge in [0.05, 0.1) is 0 Å². The largest absolute Gasteiger partial charge is 0.508 e. The summed E-state index contributed by atoms with van der Waals surface area (Å²) < 4.78 is 37.9. The minimum atomic E-state index is -4.36. The zero-order valence-electron chi connectivity index (χ0n) is 9.12. The van der Waals surface area contributed by atoms with Crippen LogP contribution in [-0.4, -0.2) is 22.3 Å². The predicted octanol–water partition coefficient (Wildman–Crippen LogP) is 3.12. The van der Waals surface area contributed by atoms with E-state index < -0.39 is 12.3 Å². The molecule has 0 atom stereocenters. The molecule has 0 aliphatic rings. The Morgan fingerprint density at radius 3 is 2.38 bits per heavy atom. The standard InChI is InChI=1S/C11H14F3NO/c1-8(2)15(11(12,13)14)7-9-4-3-5-10(16)6-9/h3-6,8,16H,7H2,1-2H3. The molecule has 5 heteroatoms. The van der Waals surface area contributed by atoms with E-state index in [1.54, 1.807) is 6.07 Å². The van der Waals surface area contributed by atoms with Gasteiger partial charge in [0.15, 0.2) is 0 Å². The van der Waals surface area contributed by atoms with Crippen LogP contribution in [0.25, 0.3) is 0 Å². The fourth-order valence-corrected chi connectivity index (χ4v) is 1.42. The molecule has 2 nitrogen and oxygen atoms in total. The van der Waals surface area contributed by atoms with Crippen molar-refractivity contribution in [3.8, 4) is 5.75 Å². The first-order chi connectivity index (χ1) is 7.30. The maximum Gasteiger partial charge on any atom is 0.460 e. The van der Waals surface area contributed by atoms with E-state index in [-0.39, 0.29) is 12.3 Å². The molecular formula is C11H14F3NO. The monoisotopic (exact) mass is 233 g/mol. The summed E-state index contributed by atoms with van der Waals surface area (Å²) in [5.41, 5.74) is 0.436. The molecule has 0 saturated heterocycles. The highest BCUT2D eigenvalue weighted by atomic mass is 19.4. The first kappa shape index (κ1) is 12.8. The molecule has 0 fully saturated rings. The number of hydrogen-bond acceptors (Lipinski definition) is 2. The molecule has 0 aliphatic heterocycles. The summed E-state index contributed by atoms with van der Waals surface area (Å²) in [5.74, 6) is -0.0246. The molecule has 1 aromatic rings. The van der Waals surface area contributed by atoms with Gasteiger partial charge in [-0.25, -0.2) is 4.90 Å². The molecule has 0 unspecified atom stereocenters. The third kappa shape index (κ3) is 3.41. The summed E-state index contributed by atoms with van der Waals surface area (Å²) in [6.07, 6.45) is -4.36. The molecule has 0 radical (unpaired) electrons. The normalized spacial score (nSPS) is 12.4. The minimum absolute atomic E-state index is 0.0246. The van der Waals surface area contributed by atoms with Crippen LogP contribution in [0.15, 0.2) is 24.3 Å². The van der Waals surface area contributed by atoms with Crippen molar-refractivity contribution in [3.63, 3.8) is 0 Å². The lowest BCUT2D eigenvalue weighted by Crippen LogP contribution is -2.42. The molecule has 90 valence electrons. The smallest absolute Gasteiger partial charge is 0.460 e. The van der Waals surface area contributed by atoms with Gasteiger partial charge in [-0.3, -0.25) is 0 Å². The van der Waals surface area contributed by atoms with Crippen molar-refractivity contribution in [3.05, 3.63) is 29.8 Å². The van der Waals surface area contributed by atoms with Gasteiger partial charge in [0.1, 0.15) is 5.75 Å². The van der Waals surface area contributed by atoms with Gasteiger partial charge in [-0.2, -0.15) is 13.2 Å². The topological polar surface area (TPSA) is 23.5 Å². The van der Waals surface area contributed by atoms with Crippen molar-refractivity contribution in [1.29, 1.82) is 0 Å². The fraction of sp³-hybridized carbons (Fsp3) is 0.455. The van der Waals surface area contributed by atoms with Gasteiger partial charge in [-0.1, -0.05) is 12.1 Å². The second-order valence-corrected chi connectivity index (χ2v) is 3.86. The van der Waals surface area contributed by atoms with Crippen LogP contribution in [-0.2, 0) is 6.54 Å². The number of hydrogen-bond donors (Lipinski definition) is 1. The molecule has 1 aromatic carbocycles. The minimum Gasteiger partial charge on any atom is -0.508 e. The van der Waals surface area contributed by atoms with E-state index in [1.165, 1.54) is 32.0 Å². The van der Waals surface area contributed by atoms with E-state index in [4.69, 9.17) is 5.11 Å². The quantitative estimate of drug-likeness (QED) is 0.811. The summed E-state index contributed by atoms with van der Waals surface area (Å²) in [6, 6.07) is 5.21. The molecule has 16 heavy (non-hydrogen) atoms. The molecule has 0 amide bonds. The van der Waals surface area contributed by atoms with Crippen LogP contribution >= 0.6 is 0 Å². The number of phenols is 1. The molecular weight excluding hydrogens is 219 g/mol. The van der Waals surface area contributed by atoms with Crippen molar-refractivity contribution in [1.82, 2.24) is 4.90 Å². The Hall–Kier alpha value is -1.23. The van der Waals surface area contributed by atoms with Crippen LogP contribution < -0.4 is 0 Å². The maximum atomic E-state index is 12.6. The summed E-state index contributed by atoms with van der Waals surface area (Å²) in [4.78, 5) is 0.418. The SMILES string of the molecule is CC(C)N(Cc1cccc(O)c1)C(F)(F)F. The lowest BCUT2D eigenvalue weighted by molar-refractivity contribution is -0.259. The summed E-state index contributed by atoms with van der Waals surface area (Å²) in [5, 5.41) is 9.17. The fourth-order valence-electron chi connectivity index (χ4n) is 1.42. The number of phenolic OH excluding ortho intramolecular Hbond substituents is 1. The molecule has 0 aromatic heterocycles. The average molecular weight is 233 g/mol. The first-order valence-corrected chi connectivity index (χ1v) is 4.92. The van der Waals surface area contributed by atoms with Gasteiger partial charge in [0.2, 0.25) is 0 Å². The highest BCUT2D eigenvalue weighted by Gasteiger charge is 2.38. The Morgan fingerprint density at radius 2 is 1.94 bits per heavy atom.